The van der Waals surface area contributed by atoms with Gasteiger partial charge in [0.05, 0.1) is 17.8 Å². The summed E-state index contributed by atoms with van der Waals surface area (Å²) < 4.78 is 1.53. The van der Waals surface area contributed by atoms with Gasteiger partial charge in [-0.3, -0.25) is 4.79 Å². The molecule has 0 unspecified atom stereocenters. The normalized spacial score (nSPS) is 14.6. The minimum absolute atomic E-state index is 0.0597. The third kappa shape index (κ3) is 2.77. The lowest BCUT2D eigenvalue weighted by atomic mass is 10.0. The lowest BCUT2D eigenvalue weighted by Crippen LogP contribution is -2.50. The van der Waals surface area contributed by atoms with Crippen LogP contribution in [0, 0.1) is 24.2 Å². The molecule has 1 fully saturated rings. The number of nitrogens with zero attached hydrogens (tertiary/aromatic N) is 5. The molecule has 0 aromatic carbocycles. The van der Waals surface area contributed by atoms with Gasteiger partial charge < -0.3 is 4.90 Å². The predicted octanol–water partition coefficient (Wildman–Crippen LogP) is 0.955. The summed E-state index contributed by atoms with van der Waals surface area (Å²) in [5.41, 5.74) is 1.35. The van der Waals surface area contributed by atoms with E-state index in [0.717, 1.165) is 24.6 Å². The Morgan fingerprint density at radius 3 is 2.81 bits per heavy atom. The van der Waals surface area contributed by atoms with E-state index in [2.05, 4.69) is 21.1 Å². The van der Waals surface area contributed by atoms with Gasteiger partial charge in [0.1, 0.15) is 11.9 Å². The first kappa shape index (κ1) is 13.3. The fourth-order valence-corrected chi connectivity index (χ4v) is 2.44. The number of hydrogen-bond acceptors (Lipinski definition) is 5. The van der Waals surface area contributed by atoms with Gasteiger partial charge in [-0.1, -0.05) is 0 Å². The molecule has 3 heterocycles. The highest BCUT2D eigenvalue weighted by atomic mass is 16.1. The Morgan fingerprint density at radius 1 is 1.33 bits per heavy atom. The molecule has 1 saturated heterocycles. The topological polar surface area (TPSA) is 74.8 Å². The highest BCUT2D eigenvalue weighted by molar-refractivity contribution is 5.44. The summed E-state index contributed by atoms with van der Waals surface area (Å²) in [4.78, 5) is 18.1. The molecular formula is C15H15N5O. The first-order valence-corrected chi connectivity index (χ1v) is 6.81. The number of aryl methyl sites for hydroxylation is 1. The standard InChI is InChI=1S/C15H15N5O/c1-11-2-5-15(21)20(18-11)10-13-8-19(9-13)14-4-3-12(6-16)7-17-14/h2-5,7,13H,8-10H2,1H3. The fraction of sp³-hybridized carbons (Fsp3) is 0.333. The van der Waals surface area contributed by atoms with Gasteiger partial charge in [0.25, 0.3) is 5.56 Å². The second-order valence-corrected chi connectivity index (χ2v) is 5.28. The smallest absolute Gasteiger partial charge is 0.266 e. The molecule has 106 valence electrons. The minimum Gasteiger partial charge on any atom is -0.356 e. The van der Waals surface area contributed by atoms with Gasteiger partial charge in [0.15, 0.2) is 0 Å². The van der Waals surface area contributed by atoms with Crippen molar-refractivity contribution in [2.24, 2.45) is 5.92 Å². The van der Waals surface area contributed by atoms with Crippen molar-refractivity contribution in [3.05, 3.63) is 52.1 Å². The Hall–Kier alpha value is -2.68. The Kier molecular flexibility index (Phi) is 3.40. The molecule has 6 nitrogen and oxygen atoms in total. The summed E-state index contributed by atoms with van der Waals surface area (Å²) in [5.74, 6) is 1.27. The van der Waals surface area contributed by atoms with Crippen LogP contribution >= 0.6 is 0 Å². The van der Waals surface area contributed by atoms with Crippen LogP contribution in [-0.4, -0.2) is 27.9 Å². The van der Waals surface area contributed by atoms with Crippen molar-refractivity contribution >= 4 is 5.82 Å². The van der Waals surface area contributed by atoms with Crippen LogP contribution in [0.5, 0.6) is 0 Å². The zero-order valence-electron chi connectivity index (χ0n) is 11.7. The van der Waals surface area contributed by atoms with Crippen LogP contribution < -0.4 is 10.5 Å². The van der Waals surface area contributed by atoms with E-state index >= 15 is 0 Å². The lowest BCUT2D eigenvalue weighted by molar-refractivity contribution is 0.332. The molecule has 0 spiro atoms. The summed E-state index contributed by atoms with van der Waals surface area (Å²) >= 11 is 0. The second kappa shape index (κ2) is 5.37. The quantitative estimate of drug-likeness (QED) is 0.837. The maximum Gasteiger partial charge on any atom is 0.266 e. The van der Waals surface area contributed by atoms with Crippen molar-refractivity contribution in [3.8, 4) is 6.07 Å². The van der Waals surface area contributed by atoms with Crippen LogP contribution in [0.3, 0.4) is 0 Å². The molecule has 1 aliphatic heterocycles. The first-order valence-electron chi connectivity index (χ1n) is 6.81. The summed E-state index contributed by atoms with van der Waals surface area (Å²) in [7, 11) is 0. The van der Waals surface area contributed by atoms with Crippen molar-refractivity contribution in [2.45, 2.75) is 13.5 Å². The summed E-state index contributed by atoms with van der Waals surface area (Å²) in [6.07, 6.45) is 1.58. The van der Waals surface area contributed by atoms with Gasteiger partial charge in [-0.15, -0.1) is 0 Å². The van der Waals surface area contributed by atoms with Crippen molar-refractivity contribution in [1.29, 1.82) is 5.26 Å². The molecule has 0 bridgehead atoms. The molecule has 0 aliphatic carbocycles. The number of aromatic nitrogens is 3. The van der Waals surface area contributed by atoms with Crippen LogP contribution in [0.25, 0.3) is 0 Å². The number of hydrogen-bond donors (Lipinski definition) is 0. The average Bonchev–Trinajstić information content (AvgIpc) is 2.46. The largest absolute Gasteiger partial charge is 0.356 e. The van der Waals surface area contributed by atoms with Gasteiger partial charge >= 0.3 is 0 Å². The van der Waals surface area contributed by atoms with E-state index in [1.54, 1.807) is 24.4 Å². The lowest BCUT2D eigenvalue weighted by Gasteiger charge is -2.40. The zero-order chi connectivity index (χ0) is 14.8. The summed E-state index contributed by atoms with van der Waals surface area (Å²) in [6, 6.07) is 8.96. The SMILES string of the molecule is Cc1ccc(=O)n(CC2CN(c3ccc(C#N)cn3)C2)n1. The molecule has 21 heavy (non-hydrogen) atoms. The first-order chi connectivity index (χ1) is 10.2. The Morgan fingerprint density at radius 2 is 2.14 bits per heavy atom. The van der Waals surface area contributed by atoms with E-state index < -0.39 is 0 Å². The molecule has 1 aliphatic rings. The monoisotopic (exact) mass is 281 g/mol. The highest BCUT2D eigenvalue weighted by Crippen LogP contribution is 2.23. The Balaban J connectivity index is 1.62. The van der Waals surface area contributed by atoms with Crippen LogP contribution in [0.4, 0.5) is 5.82 Å². The van der Waals surface area contributed by atoms with E-state index in [-0.39, 0.29) is 5.56 Å². The van der Waals surface area contributed by atoms with E-state index in [1.807, 2.05) is 13.0 Å². The highest BCUT2D eigenvalue weighted by Gasteiger charge is 2.28. The Labute approximate surface area is 122 Å². The molecule has 2 aromatic heterocycles. The maximum absolute atomic E-state index is 11.7. The molecule has 0 radical (unpaired) electrons. The molecule has 2 aromatic rings. The van der Waals surface area contributed by atoms with E-state index in [1.165, 1.54) is 4.68 Å². The maximum atomic E-state index is 11.7. The number of rotatable bonds is 3. The molecule has 0 amide bonds. The number of anilines is 1. The van der Waals surface area contributed by atoms with Gasteiger partial charge in [-0.25, -0.2) is 9.67 Å². The Bertz CT molecular complexity index is 738. The molecule has 0 atom stereocenters. The van der Waals surface area contributed by atoms with Gasteiger partial charge in [-0.05, 0) is 25.1 Å². The third-order valence-electron chi connectivity index (χ3n) is 3.59. The molecule has 6 heteroatoms. The molecule has 0 N–H and O–H groups in total. The van der Waals surface area contributed by atoms with Crippen LogP contribution in [-0.2, 0) is 6.54 Å². The van der Waals surface area contributed by atoms with E-state index in [4.69, 9.17) is 5.26 Å². The molecule has 0 saturated carbocycles. The van der Waals surface area contributed by atoms with Gasteiger partial charge in [-0.2, -0.15) is 10.4 Å². The van der Waals surface area contributed by atoms with Crippen molar-refractivity contribution in [2.75, 3.05) is 18.0 Å². The molecular weight excluding hydrogens is 266 g/mol. The van der Waals surface area contributed by atoms with Gasteiger partial charge in [0.2, 0.25) is 0 Å². The van der Waals surface area contributed by atoms with Crippen molar-refractivity contribution in [1.82, 2.24) is 14.8 Å². The predicted molar refractivity (Wildman–Crippen MR) is 77.9 cm³/mol. The molecule has 3 rings (SSSR count). The van der Waals surface area contributed by atoms with Crippen molar-refractivity contribution < 1.29 is 0 Å². The van der Waals surface area contributed by atoms with E-state index in [9.17, 15) is 4.79 Å². The van der Waals surface area contributed by atoms with Crippen LogP contribution in [0.15, 0.2) is 35.3 Å². The zero-order valence-corrected chi connectivity index (χ0v) is 11.7. The van der Waals surface area contributed by atoms with Crippen LogP contribution in [0.1, 0.15) is 11.3 Å². The fourth-order valence-electron chi connectivity index (χ4n) is 2.44. The minimum atomic E-state index is -0.0597. The van der Waals surface area contributed by atoms with Crippen molar-refractivity contribution in [3.63, 3.8) is 0 Å². The van der Waals surface area contributed by atoms with E-state index in [0.29, 0.717) is 18.0 Å². The number of pyridine rings is 1. The number of nitriles is 1. The van der Waals surface area contributed by atoms with Gasteiger partial charge in [0, 0.05) is 31.3 Å². The average molecular weight is 281 g/mol. The summed E-state index contributed by atoms with van der Waals surface area (Å²) in [5, 5.41) is 13.0. The third-order valence-corrected chi connectivity index (χ3v) is 3.59. The summed E-state index contributed by atoms with van der Waals surface area (Å²) in [6.45, 7) is 4.21. The second-order valence-electron chi connectivity index (χ2n) is 5.28. The van der Waals surface area contributed by atoms with Crippen LogP contribution in [0.2, 0.25) is 0 Å².